The number of nitrogens with one attached hydrogen (secondary N) is 2. The molecule has 1 atom stereocenters. The molecule has 2 fully saturated rings. The summed E-state index contributed by atoms with van der Waals surface area (Å²) in [6.07, 6.45) is 8.70. The molecule has 2 N–H and O–H groups in total. The van der Waals surface area contributed by atoms with Crippen molar-refractivity contribution in [3.05, 3.63) is 11.6 Å². The fourth-order valence-electron chi connectivity index (χ4n) is 2.67. The van der Waals surface area contributed by atoms with Gasteiger partial charge in [-0.25, -0.2) is 4.79 Å². The van der Waals surface area contributed by atoms with Gasteiger partial charge in [0.05, 0.1) is 6.54 Å². The Morgan fingerprint density at radius 1 is 1.32 bits per heavy atom. The Hall–Kier alpha value is -1.36. The smallest absolute Gasteiger partial charge is 0.324 e. The minimum absolute atomic E-state index is 0.134. The van der Waals surface area contributed by atoms with E-state index in [1.54, 1.807) is 5.57 Å². The molecule has 5 heteroatoms. The van der Waals surface area contributed by atoms with Gasteiger partial charge in [0.2, 0.25) is 5.91 Å². The average molecular weight is 265 g/mol. The molecule has 1 unspecified atom stereocenters. The molecule has 1 heterocycles. The van der Waals surface area contributed by atoms with E-state index in [4.69, 9.17) is 0 Å². The van der Waals surface area contributed by atoms with Crippen molar-refractivity contribution in [3.63, 3.8) is 0 Å². The van der Waals surface area contributed by atoms with Gasteiger partial charge in [0, 0.05) is 19.1 Å². The molecule has 1 saturated carbocycles. The first-order chi connectivity index (χ1) is 9.16. The SMILES string of the molecule is CC(C=C1CCCCC1)NCCN1C(=O)CNC1=O. The van der Waals surface area contributed by atoms with Gasteiger partial charge in [-0.05, 0) is 32.6 Å². The Morgan fingerprint density at radius 2 is 2.05 bits per heavy atom. The van der Waals surface area contributed by atoms with E-state index in [0.717, 1.165) is 0 Å². The van der Waals surface area contributed by atoms with E-state index >= 15 is 0 Å². The van der Waals surface area contributed by atoms with Crippen molar-refractivity contribution in [2.24, 2.45) is 0 Å². The Bertz CT molecular complexity index is 355. The van der Waals surface area contributed by atoms with E-state index in [2.05, 4.69) is 23.6 Å². The Balaban J connectivity index is 1.70. The molecule has 106 valence electrons. The number of hydrogen-bond donors (Lipinski definition) is 2. The Labute approximate surface area is 114 Å². The molecule has 0 bridgehead atoms. The number of hydrogen-bond acceptors (Lipinski definition) is 3. The molecule has 0 spiro atoms. The van der Waals surface area contributed by atoms with Gasteiger partial charge in [-0.15, -0.1) is 0 Å². The normalized spacial score (nSPS) is 21.5. The van der Waals surface area contributed by atoms with E-state index in [-0.39, 0.29) is 18.5 Å². The largest absolute Gasteiger partial charge is 0.329 e. The maximum atomic E-state index is 11.4. The lowest BCUT2D eigenvalue weighted by Gasteiger charge is -2.18. The number of allylic oxidation sites excluding steroid dienone is 1. The molecule has 1 saturated heterocycles. The molecule has 5 nitrogen and oxygen atoms in total. The van der Waals surface area contributed by atoms with Crippen LogP contribution in [0.1, 0.15) is 39.0 Å². The van der Waals surface area contributed by atoms with Gasteiger partial charge in [0.15, 0.2) is 0 Å². The summed E-state index contributed by atoms with van der Waals surface area (Å²) in [5, 5.41) is 5.87. The van der Waals surface area contributed by atoms with Crippen LogP contribution in [0.3, 0.4) is 0 Å². The third-order valence-corrected chi connectivity index (χ3v) is 3.72. The van der Waals surface area contributed by atoms with E-state index in [1.807, 2.05) is 0 Å². The van der Waals surface area contributed by atoms with E-state index in [9.17, 15) is 9.59 Å². The van der Waals surface area contributed by atoms with Crippen LogP contribution in [0.5, 0.6) is 0 Å². The lowest BCUT2D eigenvalue weighted by atomic mass is 9.94. The summed E-state index contributed by atoms with van der Waals surface area (Å²) >= 11 is 0. The third-order valence-electron chi connectivity index (χ3n) is 3.72. The Morgan fingerprint density at radius 3 is 2.68 bits per heavy atom. The van der Waals surface area contributed by atoms with Crippen molar-refractivity contribution in [3.8, 4) is 0 Å². The second-order valence-electron chi connectivity index (χ2n) is 5.33. The average Bonchev–Trinajstić information content (AvgIpc) is 2.71. The first-order valence-corrected chi connectivity index (χ1v) is 7.18. The van der Waals surface area contributed by atoms with Crippen LogP contribution >= 0.6 is 0 Å². The summed E-state index contributed by atoms with van der Waals surface area (Å²) in [6, 6.07) is 0.0268. The summed E-state index contributed by atoms with van der Waals surface area (Å²) in [5.41, 5.74) is 1.54. The molecule has 2 aliphatic rings. The number of amides is 3. The highest BCUT2D eigenvalue weighted by Crippen LogP contribution is 2.22. The highest BCUT2D eigenvalue weighted by atomic mass is 16.2. The van der Waals surface area contributed by atoms with Crippen molar-refractivity contribution < 1.29 is 9.59 Å². The first-order valence-electron chi connectivity index (χ1n) is 7.18. The minimum Gasteiger partial charge on any atom is -0.329 e. The molecule has 3 amide bonds. The number of urea groups is 1. The summed E-state index contributed by atoms with van der Waals surface area (Å²) in [6.45, 7) is 3.34. The predicted octanol–water partition coefficient (Wildman–Crippen LogP) is 1.41. The van der Waals surface area contributed by atoms with Gasteiger partial charge >= 0.3 is 6.03 Å². The fraction of sp³-hybridized carbons (Fsp3) is 0.714. The third kappa shape index (κ3) is 4.06. The van der Waals surface area contributed by atoms with Crippen LogP contribution in [-0.2, 0) is 4.79 Å². The number of imide groups is 1. The van der Waals surface area contributed by atoms with Crippen molar-refractivity contribution in [1.82, 2.24) is 15.5 Å². The fourth-order valence-corrected chi connectivity index (χ4v) is 2.67. The van der Waals surface area contributed by atoms with Crippen LogP contribution in [0, 0.1) is 0 Å². The number of nitrogens with zero attached hydrogens (tertiary/aromatic N) is 1. The molecule has 19 heavy (non-hydrogen) atoms. The molecule has 1 aliphatic heterocycles. The lowest BCUT2D eigenvalue weighted by molar-refractivity contribution is -0.124. The molecule has 0 radical (unpaired) electrons. The van der Waals surface area contributed by atoms with Gasteiger partial charge in [0.25, 0.3) is 0 Å². The van der Waals surface area contributed by atoms with Gasteiger partial charge in [0.1, 0.15) is 0 Å². The predicted molar refractivity (Wildman–Crippen MR) is 73.7 cm³/mol. The Kier molecular flexibility index (Phi) is 4.96. The quantitative estimate of drug-likeness (QED) is 0.583. The van der Waals surface area contributed by atoms with Crippen molar-refractivity contribution in [2.75, 3.05) is 19.6 Å². The van der Waals surface area contributed by atoms with Gasteiger partial charge in [-0.1, -0.05) is 18.1 Å². The second kappa shape index (κ2) is 6.70. The highest BCUT2D eigenvalue weighted by Gasteiger charge is 2.27. The molecular weight excluding hydrogens is 242 g/mol. The van der Waals surface area contributed by atoms with Crippen LogP contribution in [-0.4, -0.2) is 42.5 Å². The molecule has 0 aromatic carbocycles. The summed E-state index contributed by atoms with van der Waals surface area (Å²) in [4.78, 5) is 24.0. The highest BCUT2D eigenvalue weighted by molar-refractivity contribution is 6.01. The number of carbonyl (C=O) groups is 2. The summed E-state index contributed by atoms with van der Waals surface area (Å²) in [7, 11) is 0. The summed E-state index contributed by atoms with van der Waals surface area (Å²) < 4.78 is 0. The number of rotatable bonds is 5. The maximum absolute atomic E-state index is 11.4. The van der Waals surface area contributed by atoms with Crippen molar-refractivity contribution in [2.45, 2.75) is 45.1 Å². The zero-order chi connectivity index (χ0) is 13.7. The zero-order valence-electron chi connectivity index (χ0n) is 11.6. The standard InChI is InChI=1S/C14H23N3O2/c1-11(9-12-5-3-2-4-6-12)15-7-8-17-13(18)10-16-14(17)19/h9,11,15H,2-8,10H2,1H3,(H,16,19). The van der Waals surface area contributed by atoms with E-state index in [0.29, 0.717) is 19.1 Å². The van der Waals surface area contributed by atoms with Gasteiger partial charge < -0.3 is 10.6 Å². The van der Waals surface area contributed by atoms with E-state index in [1.165, 1.54) is 37.0 Å². The van der Waals surface area contributed by atoms with Crippen molar-refractivity contribution >= 4 is 11.9 Å². The summed E-state index contributed by atoms with van der Waals surface area (Å²) in [5.74, 6) is -0.134. The molecular formula is C14H23N3O2. The van der Waals surface area contributed by atoms with Crippen LogP contribution in [0.4, 0.5) is 4.79 Å². The molecule has 0 aromatic rings. The van der Waals surface area contributed by atoms with Crippen molar-refractivity contribution in [1.29, 1.82) is 0 Å². The van der Waals surface area contributed by atoms with Crippen LogP contribution < -0.4 is 10.6 Å². The second-order valence-corrected chi connectivity index (χ2v) is 5.33. The topological polar surface area (TPSA) is 61.4 Å². The van der Waals surface area contributed by atoms with Gasteiger partial charge in [-0.2, -0.15) is 0 Å². The van der Waals surface area contributed by atoms with Crippen LogP contribution in [0.25, 0.3) is 0 Å². The zero-order valence-corrected chi connectivity index (χ0v) is 11.6. The number of carbonyl (C=O) groups excluding carboxylic acids is 2. The molecule has 2 rings (SSSR count). The van der Waals surface area contributed by atoms with E-state index < -0.39 is 0 Å². The first kappa shape index (κ1) is 14.1. The monoisotopic (exact) mass is 265 g/mol. The lowest BCUT2D eigenvalue weighted by Crippen LogP contribution is -2.39. The molecule has 0 aromatic heterocycles. The minimum atomic E-state index is -0.273. The van der Waals surface area contributed by atoms with Crippen LogP contribution in [0.15, 0.2) is 11.6 Å². The molecule has 1 aliphatic carbocycles. The van der Waals surface area contributed by atoms with Crippen LogP contribution in [0.2, 0.25) is 0 Å². The van der Waals surface area contributed by atoms with Gasteiger partial charge in [-0.3, -0.25) is 9.69 Å². The maximum Gasteiger partial charge on any atom is 0.324 e.